The first kappa shape index (κ1) is 31.9. The number of fused-ring (bicyclic) bond motifs is 1. The van der Waals surface area contributed by atoms with E-state index >= 15 is 0 Å². The van der Waals surface area contributed by atoms with Gasteiger partial charge in [0.2, 0.25) is 5.91 Å². The zero-order chi connectivity index (χ0) is 31.4. The number of carbonyl (C=O) groups excluding carboxylic acids is 3. The standard InChI is InChI=1S/C34H39BrN2O7/c1-4-6-10-18-43-33(41)27-28-31(39)37(24(21-38)19-22-11-8-7-9-12-22)30(34(28)20-26(35)29(27)44-34)32(40)36(17-5-2)23-13-15-25(42-3)16-14-23/h4-5,7-9,11-16,24,26-30,38H,1-2,6,10,17-21H2,3H3/t24-,26?,27+,28+,29+,30?,34?/m1/s1. The van der Waals surface area contributed by atoms with Crippen LogP contribution in [0.5, 0.6) is 5.75 Å². The van der Waals surface area contributed by atoms with Gasteiger partial charge in [-0.1, -0.05) is 58.4 Å². The van der Waals surface area contributed by atoms with E-state index in [1.807, 2.05) is 30.3 Å². The van der Waals surface area contributed by atoms with Gasteiger partial charge in [0.25, 0.3) is 5.91 Å². The second kappa shape index (κ2) is 13.7. The van der Waals surface area contributed by atoms with Gasteiger partial charge in [-0.2, -0.15) is 0 Å². The lowest BCUT2D eigenvalue weighted by molar-refractivity contribution is -0.155. The number of benzene rings is 2. The molecule has 3 saturated heterocycles. The van der Waals surface area contributed by atoms with Gasteiger partial charge in [-0.3, -0.25) is 14.4 Å². The lowest BCUT2D eigenvalue weighted by Crippen LogP contribution is -2.59. The fourth-order valence-corrected chi connectivity index (χ4v) is 7.95. The molecule has 7 atom stereocenters. The Hall–Kier alpha value is -3.47. The number of aliphatic hydroxyl groups excluding tert-OH is 1. The van der Waals surface area contributed by atoms with Crippen molar-refractivity contribution in [2.75, 3.05) is 31.8 Å². The van der Waals surface area contributed by atoms with Gasteiger partial charge in [0, 0.05) is 17.1 Å². The Balaban J connectivity index is 1.57. The summed E-state index contributed by atoms with van der Waals surface area (Å²) in [5.74, 6) is -2.48. The molecule has 1 N–H and O–H groups in total. The SMILES string of the molecule is C=CCCCOC(=O)[C@H]1[C@H]2C(=O)N([C@@H](CO)Cc3ccccc3)C(C(=O)N(CC=C)c3ccc(OC)cc3)C23CC(Br)[C@@H]1O3. The van der Waals surface area contributed by atoms with Crippen molar-refractivity contribution in [3.63, 3.8) is 0 Å². The third-order valence-electron chi connectivity index (χ3n) is 8.91. The van der Waals surface area contributed by atoms with Crippen LogP contribution in [0.15, 0.2) is 79.9 Å². The molecule has 234 valence electrons. The predicted octanol–water partition coefficient (Wildman–Crippen LogP) is 4.08. The highest BCUT2D eigenvalue weighted by Gasteiger charge is 2.77. The molecule has 5 rings (SSSR count). The molecule has 3 heterocycles. The topological polar surface area (TPSA) is 106 Å². The highest BCUT2D eigenvalue weighted by atomic mass is 79.9. The van der Waals surface area contributed by atoms with Crippen LogP contribution >= 0.6 is 15.9 Å². The van der Waals surface area contributed by atoms with Crippen molar-refractivity contribution in [3.8, 4) is 5.75 Å². The van der Waals surface area contributed by atoms with Gasteiger partial charge in [-0.05, 0) is 55.5 Å². The predicted molar refractivity (Wildman–Crippen MR) is 170 cm³/mol. The molecule has 2 amide bonds. The van der Waals surface area contributed by atoms with Crippen molar-refractivity contribution < 1.29 is 33.7 Å². The number of rotatable bonds is 14. The monoisotopic (exact) mass is 666 g/mol. The molecule has 3 fully saturated rings. The fraction of sp³-hybridized carbons (Fsp3) is 0.441. The summed E-state index contributed by atoms with van der Waals surface area (Å²) < 4.78 is 17.6. The molecule has 9 nitrogen and oxygen atoms in total. The average Bonchev–Trinajstić information content (AvgIpc) is 3.64. The van der Waals surface area contributed by atoms with Crippen LogP contribution in [-0.2, 0) is 30.3 Å². The van der Waals surface area contributed by atoms with Crippen molar-refractivity contribution in [1.82, 2.24) is 4.90 Å². The number of nitrogens with zero attached hydrogens (tertiary/aromatic N) is 2. The second-order valence-electron chi connectivity index (χ2n) is 11.5. The second-order valence-corrected chi connectivity index (χ2v) is 12.6. The number of hydrogen-bond acceptors (Lipinski definition) is 7. The van der Waals surface area contributed by atoms with Crippen molar-refractivity contribution in [1.29, 1.82) is 0 Å². The van der Waals surface area contributed by atoms with Crippen molar-refractivity contribution in [3.05, 3.63) is 85.5 Å². The van der Waals surface area contributed by atoms with Crippen LogP contribution in [0.2, 0.25) is 0 Å². The lowest BCUT2D eigenvalue weighted by Gasteiger charge is -2.39. The van der Waals surface area contributed by atoms with Gasteiger partial charge in [-0.15, -0.1) is 13.2 Å². The summed E-state index contributed by atoms with van der Waals surface area (Å²) in [6, 6.07) is 14.7. The summed E-state index contributed by atoms with van der Waals surface area (Å²) in [5.41, 5.74) is 0.195. The van der Waals surface area contributed by atoms with E-state index in [0.717, 1.165) is 5.56 Å². The average molecular weight is 668 g/mol. The summed E-state index contributed by atoms with van der Waals surface area (Å²) in [5, 5.41) is 10.7. The number of anilines is 1. The number of allylic oxidation sites excluding steroid dienone is 1. The molecule has 3 unspecified atom stereocenters. The Morgan fingerprint density at radius 1 is 1.18 bits per heavy atom. The van der Waals surface area contributed by atoms with E-state index in [-0.39, 0.29) is 36.4 Å². The molecular weight excluding hydrogens is 628 g/mol. The van der Waals surface area contributed by atoms with Gasteiger partial charge in [0.1, 0.15) is 17.4 Å². The van der Waals surface area contributed by atoms with Crippen molar-refractivity contribution in [2.24, 2.45) is 11.8 Å². The largest absolute Gasteiger partial charge is 0.497 e. The fourth-order valence-electron chi connectivity index (χ4n) is 7.00. The van der Waals surface area contributed by atoms with E-state index in [1.54, 1.807) is 48.4 Å². The van der Waals surface area contributed by atoms with Crippen LogP contribution in [0, 0.1) is 11.8 Å². The maximum absolute atomic E-state index is 14.8. The molecule has 0 aromatic heterocycles. The van der Waals surface area contributed by atoms with E-state index in [1.165, 1.54) is 4.90 Å². The maximum atomic E-state index is 14.8. The van der Waals surface area contributed by atoms with Crippen molar-refractivity contribution >= 4 is 39.4 Å². The van der Waals surface area contributed by atoms with E-state index in [9.17, 15) is 19.5 Å². The molecule has 1 spiro atoms. The Morgan fingerprint density at radius 3 is 2.55 bits per heavy atom. The Bertz CT molecular complexity index is 1370. The molecular formula is C34H39BrN2O7. The third-order valence-corrected chi connectivity index (χ3v) is 9.75. The maximum Gasteiger partial charge on any atom is 0.312 e. The number of carbonyl (C=O) groups is 3. The number of hydrogen-bond donors (Lipinski definition) is 1. The molecule has 44 heavy (non-hydrogen) atoms. The van der Waals surface area contributed by atoms with Gasteiger partial charge in [-0.25, -0.2) is 0 Å². The first-order valence-electron chi connectivity index (χ1n) is 14.9. The summed E-state index contributed by atoms with van der Waals surface area (Å²) in [7, 11) is 1.57. The molecule has 2 bridgehead atoms. The summed E-state index contributed by atoms with van der Waals surface area (Å²) in [4.78, 5) is 45.7. The normalized spacial score (nSPS) is 27.5. The molecule has 2 aromatic carbocycles. The van der Waals surface area contributed by atoms with Gasteiger partial charge < -0.3 is 29.1 Å². The number of amides is 2. The lowest BCUT2D eigenvalue weighted by atomic mass is 9.70. The third kappa shape index (κ3) is 5.71. The quantitative estimate of drug-likeness (QED) is 0.140. The van der Waals surface area contributed by atoms with E-state index in [2.05, 4.69) is 29.1 Å². The van der Waals surface area contributed by atoms with Crippen LogP contribution < -0.4 is 9.64 Å². The van der Waals surface area contributed by atoms with Crippen LogP contribution in [-0.4, -0.2) is 83.3 Å². The van der Waals surface area contributed by atoms with Gasteiger partial charge in [0.15, 0.2) is 0 Å². The highest BCUT2D eigenvalue weighted by molar-refractivity contribution is 9.09. The summed E-state index contributed by atoms with van der Waals surface area (Å²) in [6.45, 7) is 7.56. The minimum absolute atomic E-state index is 0.170. The number of alkyl halides is 1. The number of esters is 1. The van der Waals surface area contributed by atoms with E-state index in [0.29, 0.717) is 37.1 Å². The molecule has 2 aromatic rings. The summed E-state index contributed by atoms with van der Waals surface area (Å²) >= 11 is 3.70. The van der Waals surface area contributed by atoms with Crippen molar-refractivity contribution in [2.45, 2.75) is 54.3 Å². The number of methoxy groups -OCH3 is 1. The minimum atomic E-state index is -1.30. The molecule has 10 heteroatoms. The number of aliphatic hydroxyl groups is 1. The first-order chi connectivity index (χ1) is 21.3. The van der Waals surface area contributed by atoms with E-state index in [4.69, 9.17) is 14.2 Å². The Morgan fingerprint density at radius 2 is 1.91 bits per heavy atom. The molecule has 0 radical (unpaired) electrons. The van der Waals surface area contributed by atoms with E-state index < -0.39 is 41.6 Å². The number of likely N-dealkylation sites (tertiary alicyclic amines) is 1. The smallest absolute Gasteiger partial charge is 0.312 e. The number of ether oxygens (including phenoxy) is 3. The van der Waals surface area contributed by atoms with Gasteiger partial charge in [0.05, 0.1) is 44.3 Å². The molecule has 3 aliphatic rings. The number of halogens is 1. The molecule has 0 aliphatic carbocycles. The van der Waals surface area contributed by atoms with Crippen LogP contribution in [0.4, 0.5) is 5.69 Å². The van der Waals surface area contributed by atoms with Crippen LogP contribution in [0.1, 0.15) is 24.8 Å². The Labute approximate surface area is 266 Å². The number of unbranched alkanes of at least 4 members (excludes halogenated alkanes) is 1. The zero-order valence-electron chi connectivity index (χ0n) is 24.8. The van der Waals surface area contributed by atoms with Gasteiger partial charge >= 0.3 is 5.97 Å². The minimum Gasteiger partial charge on any atom is -0.497 e. The summed E-state index contributed by atoms with van der Waals surface area (Å²) in [6.07, 6.45) is 4.71. The molecule has 3 aliphatic heterocycles. The first-order valence-corrected chi connectivity index (χ1v) is 15.9. The van der Waals surface area contributed by atoms with Crippen LogP contribution in [0.3, 0.4) is 0 Å². The Kier molecular flexibility index (Phi) is 9.92. The molecule has 0 saturated carbocycles. The highest BCUT2D eigenvalue weighted by Crippen LogP contribution is 2.61. The van der Waals surface area contributed by atoms with Crippen LogP contribution in [0.25, 0.3) is 0 Å². The zero-order valence-corrected chi connectivity index (χ0v) is 26.4.